The number of sulfonamides is 1. The Kier molecular flexibility index (Phi) is 5.93. The predicted molar refractivity (Wildman–Crippen MR) is 109 cm³/mol. The molecule has 29 heavy (non-hydrogen) atoms. The number of hydrogen-bond donors (Lipinski definition) is 1. The second-order valence-corrected chi connectivity index (χ2v) is 9.21. The number of carboxylic acids is 1. The molecule has 1 fully saturated rings. The van der Waals surface area contributed by atoms with Crippen LogP contribution in [0.5, 0.6) is 0 Å². The lowest BCUT2D eigenvalue weighted by Crippen LogP contribution is -2.40. The third kappa shape index (κ3) is 4.42. The summed E-state index contributed by atoms with van der Waals surface area (Å²) in [5.41, 5.74) is 1.87. The van der Waals surface area contributed by atoms with E-state index >= 15 is 0 Å². The minimum atomic E-state index is -3.69. The molecule has 0 radical (unpaired) electrons. The van der Waals surface area contributed by atoms with Crippen molar-refractivity contribution in [1.82, 2.24) is 4.90 Å². The molecular weight excluding hydrogens is 392 g/mol. The van der Waals surface area contributed by atoms with E-state index in [1.807, 2.05) is 6.92 Å². The van der Waals surface area contributed by atoms with Gasteiger partial charge in [0.1, 0.15) is 0 Å². The Morgan fingerprint density at radius 2 is 1.55 bits per heavy atom. The zero-order valence-corrected chi connectivity index (χ0v) is 17.2. The van der Waals surface area contributed by atoms with Crippen LogP contribution in [0.4, 0.5) is 5.69 Å². The standard InChI is InChI=1S/C21H24N2O5S/c1-15-3-9-19(10-4-15)29(27,28)22(2)18-7-5-16(6-8-18)20(24)23-13-11-17(12-14-23)21(25)26/h3-10,17H,11-14H2,1-2H3,(H,25,26). The molecule has 0 spiro atoms. The number of anilines is 1. The molecular formula is C21H24N2O5S. The van der Waals surface area contributed by atoms with E-state index in [9.17, 15) is 18.0 Å². The van der Waals surface area contributed by atoms with Gasteiger partial charge >= 0.3 is 5.97 Å². The number of nitrogens with zero attached hydrogens (tertiary/aromatic N) is 2. The molecule has 0 unspecified atom stereocenters. The highest BCUT2D eigenvalue weighted by atomic mass is 32.2. The lowest BCUT2D eigenvalue weighted by molar-refractivity contribution is -0.143. The number of amides is 1. The molecule has 154 valence electrons. The van der Waals surface area contributed by atoms with E-state index in [-0.39, 0.29) is 10.8 Å². The van der Waals surface area contributed by atoms with Crippen LogP contribution in [0.15, 0.2) is 53.4 Å². The van der Waals surface area contributed by atoms with Gasteiger partial charge in [0.25, 0.3) is 15.9 Å². The summed E-state index contributed by atoms with van der Waals surface area (Å²) >= 11 is 0. The van der Waals surface area contributed by atoms with E-state index in [0.717, 1.165) is 5.56 Å². The lowest BCUT2D eigenvalue weighted by Gasteiger charge is -2.30. The van der Waals surface area contributed by atoms with Crippen LogP contribution in [-0.2, 0) is 14.8 Å². The topological polar surface area (TPSA) is 95.0 Å². The third-order valence-electron chi connectivity index (χ3n) is 5.29. The van der Waals surface area contributed by atoms with Crippen LogP contribution in [0, 0.1) is 12.8 Å². The van der Waals surface area contributed by atoms with Crippen molar-refractivity contribution in [3.8, 4) is 0 Å². The van der Waals surface area contributed by atoms with Crippen molar-refractivity contribution in [3.05, 3.63) is 59.7 Å². The maximum atomic E-state index is 12.8. The number of aliphatic carboxylic acids is 1. The average molecular weight is 416 g/mol. The van der Waals surface area contributed by atoms with Gasteiger partial charge in [-0.15, -0.1) is 0 Å². The summed E-state index contributed by atoms with van der Waals surface area (Å²) in [6, 6.07) is 13.0. The zero-order chi connectivity index (χ0) is 21.2. The fraction of sp³-hybridized carbons (Fsp3) is 0.333. The van der Waals surface area contributed by atoms with Gasteiger partial charge in [0.2, 0.25) is 0 Å². The van der Waals surface area contributed by atoms with Gasteiger partial charge in [0.05, 0.1) is 16.5 Å². The number of likely N-dealkylation sites (tertiary alicyclic amines) is 1. The van der Waals surface area contributed by atoms with Crippen LogP contribution in [0.2, 0.25) is 0 Å². The van der Waals surface area contributed by atoms with Crippen LogP contribution < -0.4 is 4.31 Å². The molecule has 0 atom stereocenters. The third-order valence-corrected chi connectivity index (χ3v) is 7.09. The Morgan fingerprint density at radius 1 is 1.00 bits per heavy atom. The maximum Gasteiger partial charge on any atom is 0.306 e. The summed E-state index contributed by atoms with van der Waals surface area (Å²) in [5, 5.41) is 9.07. The largest absolute Gasteiger partial charge is 0.481 e. The minimum absolute atomic E-state index is 0.176. The number of carbonyl (C=O) groups is 2. The number of benzene rings is 2. The van der Waals surface area contributed by atoms with Gasteiger partial charge in [-0.3, -0.25) is 13.9 Å². The molecule has 0 aliphatic carbocycles. The molecule has 0 bridgehead atoms. The number of aryl methyl sites for hydroxylation is 1. The Morgan fingerprint density at radius 3 is 2.07 bits per heavy atom. The molecule has 1 heterocycles. The van der Waals surface area contributed by atoms with Gasteiger partial charge < -0.3 is 10.0 Å². The second kappa shape index (κ2) is 8.24. The number of hydrogen-bond acceptors (Lipinski definition) is 4. The molecule has 0 saturated carbocycles. The number of rotatable bonds is 5. The van der Waals surface area contributed by atoms with Gasteiger partial charge in [0, 0.05) is 25.7 Å². The summed E-state index contributed by atoms with van der Waals surface area (Å²) in [6.45, 7) is 2.69. The summed E-state index contributed by atoms with van der Waals surface area (Å²) < 4.78 is 26.8. The van der Waals surface area contributed by atoms with Crippen molar-refractivity contribution >= 4 is 27.6 Å². The van der Waals surface area contributed by atoms with Crippen molar-refractivity contribution in [3.63, 3.8) is 0 Å². The molecule has 1 aliphatic rings. The van der Waals surface area contributed by atoms with Gasteiger partial charge in [-0.1, -0.05) is 17.7 Å². The summed E-state index contributed by atoms with van der Waals surface area (Å²) in [4.78, 5) is 25.5. The average Bonchev–Trinajstić information content (AvgIpc) is 2.73. The second-order valence-electron chi connectivity index (χ2n) is 7.24. The first-order valence-corrected chi connectivity index (χ1v) is 10.8. The van der Waals surface area contributed by atoms with Crippen molar-refractivity contribution in [2.24, 2.45) is 5.92 Å². The first kappa shape index (κ1) is 20.9. The first-order chi connectivity index (χ1) is 13.7. The van der Waals surface area contributed by atoms with Crippen molar-refractivity contribution in [2.75, 3.05) is 24.4 Å². The van der Waals surface area contributed by atoms with E-state index in [2.05, 4.69) is 0 Å². The van der Waals surface area contributed by atoms with Crippen molar-refractivity contribution < 1.29 is 23.1 Å². The maximum absolute atomic E-state index is 12.8. The van der Waals surface area contributed by atoms with Crippen LogP contribution >= 0.6 is 0 Å². The smallest absolute Gasteiger partial charge is 0.306 e. The van der Waals surface area contributed by atoms with Crippen LogP contribution in [0.25, 0.3) is 0 Å². The normalized spacial score (nSPS) is 15.2. The fourth-order valence-electron chi connectivity index (χ4n) is 3.33. The van der Waals surface area contributed by atoms with Crippen LogP contribution in [0.3, 0.4) is 0 Å². The SMILES string of the molecule is Cc1ccc(S(=O)(=O)N(C)c2ccc(C(=O)N3CCC(C(=O)O)CC3)cc2)cc1. The summed E-state index contributed by atoms with van der Waals surface area (Å²) in [6.07, 6.45) is 0.882. The molecule has 1 saturated heterocycles. The van der Waals surface area contributed by atoms with E-state index in [4.69, 9.17) is 5.11 Å². The summed E-state index contributed by atoms with van der Waals surface area (Å²) in [5.74, 6) is -1.40. The van der Waals surface area contributed by atoms with Crippen LogP contribution in [-0.4, -0.2) is 50.4 Å². The fourth-order valence-corrected chi connectivity index (χ4v) is 4.53. The minimum Gasteiger partial charge on any atom is -0.481 e. The molecule has 8 heteroatoms. The van der Waals surface area contributed by atoms with Crippen LogP contribution in [0.1, 0.15) is 28.8 Å². The molecule has 1 aliphatic heterocycles. The Balaban J connectivity index is 1.72. The number of carbonyl (C=O) groups excluding carboxylic acids is 1. The van der Waals surface area contributed by atoms with Gasteiger partial charge in [0.15, 0.2) is 0 Å². The first-order valence-electron chi connectivity index (χ1n) is 9.38. The van der Waals surface area contributed by atoms with Gasteiger partial charge in [-0.25, -0.2) is 8.42 Å². The Labute approximate surface area is 170 Å². The molecule has 1 amide bonds. The predicted octanol–water partition coefficient (Wildman–Crippen LogP) is 2.76. The van der Waals surface area contributed by atoms with E-state index < -0.39 is 21.9 Å². The van der Waals surface area contributed by atoms with Gasteiger partial charge in [-0.05, 0) is 56.2 Å². The van der Waals surface area contributed by atoms with E-state index in [1.165, 1.54) is 11.4 Å². The number of piperidine rings is 1. The Bertz CT molecular complexity index is 992. The molecule has 1 N–H and O–H groups in total. The summed E-state index contributed by atoms with van der Waals surface area (Å²) in [7, 11) is -2.22. The monoisotopic (exact) mass is 416 g/mol. The van der Waals surface area contributed by atoms with Crippen molar-refractivity contribution in [2.45, 2.75) is 24.7 Å². The highest BCUT2D eigenvalue weighted by Crippen LogP contribution is 2.24. The Hall–Kier alpha value is -2.87. The number of carboxylic acid groups (broad SMARTS) is 1. The highest BCUT2D eigenvalue weighted by molar-refractivity contribution is 7.92. The van der Waals surface area contributed by atoms with E-state index in [0.29, 0.717) is 37.2 Å². The highest BCUT2D eigenvalue weighted by Gasteiger charge is 2.28. The molecule has 0 aromatic heterocycles. The lowest BCUT2D eigenvalue weighted by atomic mass is 9.96. The van der Waals surface area contributed by atoms with Gasteiger partial charge in [-0.2, -0.15) is 0 Å². The quantitative estimate of drug-likeness (QED) is 0.809. The van der Waals surface area contributed by atoms with E-state index in [1.54, 1.807) is 53.4 Å². The van der Waals surface area contributed by atoms with Crippen molar-refractivity contribution in [1.29, 1.82) is 0 Å². The molecule has 7 nitrogen and oxygen atoms in total. The molecule has 2 aromatic rings. The molecule has 2 aromatic carbocycles. The zero-order valence-electron chi connectivity index (χ0n) is 16.4. The molecule has 3 rings (SSSR count).